The highest BCUT2D eigenvalue weighted by Gasteiger charge is 2.16. The molecule has 1 N–H and O–H groups in total. The van der Waals surface area contributed by atoms with Gasteiger partial charge in [0.05, 0.1) is 0 Å². The molecule has 4 heteroatoms. The average molecular weight is 292 g/mol. The molecule has 1 heterocycles. The van der Waals surface area contributed by atoms with Gasteiger partial charge in [-0.3, -0.25) is 0 Å². The van der Waals surface area contributed by atoms with Gasteiger partial charge in [0, 0.05) is 19.6 Å². The molecule has 1 rings (SSSR count). The van der Waals surface area contributed by atoms with Gasteiger partial charge < -0.3 is 15.1 Å². The van der Waals surface area contributed by atoms with Crippen LogP contribution in [0.15, 0.2) is 0 Å². The third kappa shape index (κ3) is 8.13. The largest absolute Gasteiger partial charge is 0.317 e. The molecule has 0 aromatic carbocycles. The summed E-state index contributed by atoms with van der Waals surface area (Å²) < 4.78 is 0. The number of nitrogens with zero attached hydrogens (tertiary/aromatic N) is 2. The summed E-state index contributed by atoms with van der Waals surface area (Å²) in [6, 6.07) is 0. The van der Waals surface area contributed by atoms with Gasteiger partial charge in [-0.25, -0.2) is 0 Å². The predicted molar refractivity (Wildman–Crippen MR) is 87.4 cm³/mol. The molecule has 0 saturated carbocycles. The topological polar surface area (TPSA) is 18.5 Å². The molecule has 3 nitrogen and oxygen atoms in total. The maximum atomic E-state index is 3.46. The fourth-order valence-electron chi connectivity index (χ4n) is 2.86. The normalized spacial score (nSPS) is 16.9. The minimum Gasteiger partial charge on any atom is -0.317 e. The molecule has 0 radical (unpaired) electrons. The second kappa shape index (κ2) is 12.0. The number of nitrogens with one attached hydrogen (secondary N) is 1. The Bertz CT molecular complexity index is 192. The van der Waals surface area contributed by atoms with Gasteiger partial charge in [0.2, 0.25) is 0 Å². The van der Waals surface area contributed by atoms with Crippen LogP contribution in [0.1, 0.15) is 40.0 Å². The van der Waals surface area contributed by atoms with Crippen LogP contribution in [0.5, 0.6) is 0 Å². The SMILES string of the molecule is CCCN(CCN(CC)CC)CC1CCNCC1.Cl. The van der Waals surface area contributed by atoms with Crippen LogP contribution in [0.3, 0.4) is 0 Å². The number of hydrogen-bond acceptors (Lipinski definition) is 3. The van der Waals surface area contributed by atoms with E-state index in [1.807, 2.05) is 0 Å². The second-order valence-electron chi connectivity index (χ2n) is 5.52. The quantitative estimate of drug-likeness (QED) is 0.704. The summed E-state index contributed by atoms with van der Waals surface area (Å²) in [4.78, 5) is 5.22. The van der Waals surface area contributed by atoms with Crippen LogP contribution in [0.25, 0.3) is 0 Å². The van der Waals surface area contributed by atoms with E-state index in [4.69, 9.17) is 0 Å². The molecule has 0 spiro atoms. The molecule has 116 valence electrons. The molecule has 1 saturated heterocycles. The summed E-state index contributed by atoms with van der Waals surface area (Å²) in [5, 5.41) is 3.46. The van der Waals surface area contributed by atoms with Crippen molar-refractivity contribution in [1.29, 1.82) is 0 Å². The van der Waals surface area contributed by atoms with Crippen molar-refractivity contribution in [1.82, 2.24) is 15.1 Å². The lowest BCUT2D eigenvalue weighted by Gasteiger charge is -2.31. The van der Waals surface area contributed by atoms with Gasteiger partial charge in [0.1, 0.15) is 0 Å². The smallest absolute Gasteiger partial charge is 0.0109 e. The van der Waals surface area contributed by atoms with Crippen molar-refractivity contribution in [3.8, 4) is 0 Å². The third-order valence-corrected chi connectivity index (χ3v) is 4.14. The summed E-state index contributed by atoms with van der Waals surface area (Å²) in [5.41, 5.74) is 0. The van der Waals surface area contributed by atoms with Crippen LogP contribution in [-0.2, 0) is 0 Å². The van der Waals surface area contributed by atoms with E-state index in [1.54, 1.807) is 0 Å². The van der Waals surface area contributed by atoms with Crippen molar-refractivity contribution < 1.29 is 0 Å². The van der Waals surface area contributed by atoms with E-state index in [2.05, 4.69) is 35.9 Å². The Morgan fingerprint density at radius 3 is 2.00 bits per heavy atom. The molecule has 1 fully saturated rings. The van der Waals surface area contributed by atoms with E-state index in [1.165, 1.54) is 71.6 Å². The summed E-state index contributed by atoms with van der Waals surface area (Å²) >= 11 is 0. The van der Waals surface area contributed by atoms with E-state index in [-0.39, 0.29) is 12.4 Å². The first kappa shape index (κ1) is 19.2. The molecule has 0 aromatic rings. The summed E-state index contributed by atoms with van der Waals surface area (Å²) in [7, 11) is 0. The first-order valence-corrected chi connectivity index (χ1v) is 7.95. The van der Waals surface area contributed by atoms with E-state index in [0.717, 1.165) is 5.92 Å². The Morgan fingerprint density at radius 2 is 1.47 bits per heavy atom. The molecule has 1 aliphatic heterocycles. The maximum Gasteiger partial charge on any atom is 0.0109 e. The number of likely N-dealkylation sites (N-methyl/N-ethyl adjacent to an activating group) is 1. The van der Waals surface area contributed by atoms with Crippen molar-refractivity contribution in [2.24, 2.45) is 5.92 Å². The number of halogens is 1. The van der Waals surface area contributed by atoms with Gasteiger partial charge in [0.25, 0.3) is 0 Å². The van der Waals surface area contributed by atoms with Crippen molar-refractivity contribution in [2.45, 2.75) is 40.0 Å². The standard InChI is InChI=1S/C15H33N3.ClH/c1-4-11-18(13-12-17(5-2)6-3)14-15-7-9-16-10-8-15;/h15-16H,4-14H2,1-3H3;1H. The van der Waals surface area contributed by atoms with Crippen molar-refractivity contribution in [3.63, 3.8) is 0 Å². The molecule has 1 aliphatic rings. The van der Waals surface area contributed by atoms with Crippen LogP contribution in [0.4, 0.5) is 0 Å². The van der Waals surface area contributed by atoms with Crippen LogP contribution >= 0.6 is 12.4 Å². The lowest BCUT2D eigenvalue weighted by molar-refractivity contribution is 0.176. The van der Waals surface area contributed by atoms with Gasteiger partial charge in [-0.1, -0.05) is 20.8 Å². The number of rotatable bonds is 9. The molecule has 19 heavy (non-hydrogen) atoms. The van der Waals surface area contributed by atoms with Gasteiger partial charge >= 0.3 is 0 Å². The minimum absolute atomic E-state index is 0. The first-order valence-electron chi connectivity index (χ1n) is 7.95. The number of hydrogen-bond donors (Lipinski definition) is 1. The van der Waals surface area contributed by atoms with Crippen molar-refractivity contribution in [3.05, 3.63) is 0 Å². The first-order chi connectivity index (χ1) is 8.80. The predicted octanol–water partition coefficient (Wildman–Crippen LogP) is 2.46. The highest BCUT2D eigenvalue weighted by atomic mass is 35.5. The van der Waals surface area contributed by atoms with E-state index < -0.39 is 0 Å². The molecule has 0 bridgehead atoms. The van der Waals surface area contributed by atoms with Gasteiger partial charge in [0.15, 0.2) is 0 Å². The monoisotopic (exact) mass is 291 g/mol. The molecule has 0 amide bonds. The number of piperidine rings is 1. The fraction of sp³-hybridized carbons (Fsp3) is 1.00. The summed E-state index contributed by atoms with van der Waals surface area (Å²) in [5.74, 6) is 0.925. The highest BCUT2D eigenvalue weighted by Crippen LogP contribution is 2.13. The molecular formula is C15H34ClN3. The molecule has 0 atom stereocenters. The summed E-state index contributed by atoms with van der Waals surface area (Å²) in [6.07, 6.45) is 4.01. The Balaban J connectivity index is 0.00000324. The van der Waals surface area contributed by atoms with Gasteiger partial charge in [-0.15, -0.1) is 12.4 Å². The second-order valence-corrected chi connectivity index (χ2v) is 5.52. The zero-order valence-electron chi connectivity index (χ0n) is 13.2. The van der Waals surface area contributed by atoms with Crippen LogP contribution in [-0.4, -0.2) is 62.2 Å². The van der Waals surface area contributed by atoms with Crippen LogP contribution in [0.2, 0.25) is 0 Å². The van der Waals surface area contributed by atoms with Crippen molar-refractivity contribution in [2.75, 3.05) is 52.4 Å². The zero-order chi connectivity index (χ0) is 13.2. The molecule has 0 unspecified atom stereocenters. The molecule has 0 aliphatic carbocycles. The molecule has 0 aromatic heterocycles. The Kier molecular flexibility index (Phi) is 12.1. The van der Waals surface area contributed by atoms with Gasteiger partial charge in [-0.05, 0) is 57.9 Å². The van der Waals surface area contributed by atoms with E-state index in [0.29, 0.717) is 0 Å². The zero-order valence-corrected chi connectivity index (χ0v) is 14.0. The van der Waals surface area contributed by atoms with Crippen LogP contribution < -0.4 is 5.32 Å². The fourth-order valence-corrected chi connectivity index (χ4v) is 2.86. The maximum absolute atomic E-state index is 3.46. The lowest BCUT2D eigenvalue weighted by Crippen LogP contribution is -2.40. The Labute approximate surface area is 126 Å². The molecular weight excluding hydrogens is 258 g/mol. The third-order valence-electron chi connectivity index (χ3n) is 4.14. The summed E-state index contributed by atoms with van der Waals surface area (Å²) in [6.45, 7) is 16.7. The lowest BCUT2D eigenvalue weighted by atomic mass is 9.97. The minimum atomic E-state index is 0. The van der Waals surface area contributed by atoms with Gasteiger partial charge in [-0.2, -0.15) is 0 Å². The highest BCUT2D eigenvalue weighted by molar-refractivity contribution is 5.85. The van der Waals surface area contributed by atoms with Crippen LogP contribution in [0, 0.1) is 5.92 Å². The van der Waals surface area contributed by atoms with E-state index in [9.17, 15) is 0 Å². The Hall–Kier alpha value is 0.170. The van der Waals surface area contributed by atoms with E-state index >= 15 is 0 Å². The Morgan fingerprint density at radius 1 is 0.895 bits per heavy atom. The average Bonchev–Trinajstić information content (AvgIpc) is 2.41. The van der Waals surface area contributed by atoms with Crippen molar-refractivity contribution >= 4 is 12.4 Å².